The first-order valence-corrected chi connectivity index (χ1v) is 6.88. The maximum atomic E-state index is 13.2. The van der Waals surface area contributed by atoms with Gasteiger partial charge in [-0.25, -0.2) is 0 Å². The number of hydrogen-bond donors (Lipinski definition) is 0. The van der Waals surface area contributed by atoms with Crippen LogP contribution in [-0.2, 0) is 4.79 Å². The molecule has 0 amide bonds. The van der Waals surface area contributed by atoms with Crippen molar-refractivity contribution in [3.8, 4) is 0 Å². The molecule has 0 aromatic heterocycles. The van der Waals surface area contributed by atoms with Crippen LogP contribution in [0.3, 0.4) is 0 Å². The van der Waals surface area contributed by atoms with Crippen molar-refractivity contribution < 1.29 is 121 Å². The van der Waals surface area contributed by atoms with Crippen molar-refractivity contribution >= 4 is 5.97 Å². The number of carbonyl (C=O) groups excluding carboxylic acids is 1. The quantitative estimate of drug-likeness (QED) is 0.315. The first kappa shape index (κ1) is 35.8. The molecule has 2 nitrogen and oxygen atoms in total. The van der Waals surface area contributed by atoms with Crippen molar-refractivity contribution in [1.29, 1.82) is 0 Å². The Morgan fingerprint density at radius 3 is 0.714 bits per heavy atom. The summed E-state index contributed by atoms with van der Waals surface area (Å²) in [5.74, 6) is -84.4. The van der Waals surface area contributed by atoms with Gasteiger partial charge in [0.1, 0.15) is 5.97 Å². The summed E-state index contributed by atoms with van der Waals surface area (Å²) in [6.45, 7) is 0. The molecule has 0 heterocycles. The fraction of sp³-hybridized carbons (Fsp3) is 0.909. The molecule has 0 spiro atoms. The van der Waals surface area contributed by atoms with E-state index in [1.54, 1.807) is 0 Å². The van der Waals surface area contributed by atoms with Gasteiger partial charge in [0.25, 0.3) is 0 Å². The summed E-state index contributed by atoms with van der Waals surface area (Å²) in [5, 5.41) is 9.72. The Kier molecular flexibility index (Phi) is 8.76. The maximum Gasteiger partial charge on any atom is 1.00 e. The minimum Gasteiger partial charge on any atom is -0.544 e. The molecule has 204 valence electrons. The van der Waals surface area contributed by atoms with Gasteiger partial charge in [-0.05, 0) is 0 Å². The van der Waals surface area contributed by atoms with Crippen LogP contribution >= 0.6 is 0 Å². The molecule has 0 radical (unpaired) electrons. The van der Waals surface area contributed by atoms with E-state index in [0.717, 1.165) is 0 Å². The SMILES string of the molecule is O=C([O-])C(F)(F)C(F)(F)C(F)(F)C(F)(F)C(F)(F)C(F)(F)C(F)(F)C(F)(F)C(F)(F)C(F)(F)F.[Li+]. The van der Waals surface area contributed by atoms with Crippen LogP contribution in [0.15, 0.2) is 0 Å². The molecular formula is C11F21LiO2. The van der Waals surface area contributed by atoms with E-state index in [2.05, 4.69) is 0 Å². The van der Waals surface area contributed by atoms with Crippen LogP contribution in [0.25, 0.3) is 0 Å². The molecule has 0 aromatic carbocycles. The maximum absolute atomic E-state index is 13.2. The van der Waals surface area contributed by atoms with Gasteiger partial charge in [-0.2, -0.15) is 92.2 Å². The summed E-state index contributed by atoms with van der Waals surface area (Å²) in [5.41, 5.74) is 0. The van der Waals surface area contributed by atoms with Crippen LogP contribution in [0.4, 0.5) is 92.2 Å². The summed E-state index contributed by atoms with van der Waals surface area (Å²) in [4.78, 5) is 9.72. The van der Waals surface area contributed by atoms with Crippen LogP contribution in [0.1, 0.15) is 0 Å². The summed E-state index contributed by atoms with van der Waals surface area (Å²) >= 11 is 0. The minimum atomic E-state index is -9.30. The van der Waals surface area contributed by atoms with Crippen molar-refractivity contribution in [2.75, 3.05) is 0 Å². The van der Waals surface area contributed by atoms with E-state index in [9.17, 15) is 102 Å². The van der Waals surface area contributed by atoms with E-state index in [0.29, 0.717) is 0 Å². The third-order valence-corrected chi connectivity index (χ3v) is 3.77. The first-order chi connectivity index (χ1) is 14.2. The predicted molar refractivity (Wildman–Crippen MR) is 55.6 cm³/mol. The molecule has 0 fully saturated rings. The third-order valence-electron chi connectivity index (χ3n) is 3.77. The molecule has 0 aliphatic carbocycles. The molecule has 0 rings (SSSR count). The van der Waals surface area contributed by atoms with Gasteiger partial charge in [0.05, 0.1) is 0 Å². The van der Waals surface area contributed by atoms with Gasteiger partial charge >= 0.3 is 78.3 Å². The number of alkyl halides is 21. The van der Waals surface area contributed by atoms with E-state index >= 15 is 0 Å². The van der Waals surface area contributed by atoms with Crippen molar-refractivity contribution in [2.24, 2.45) is 0 Å². The smallest absolute Gasteiger partial charge is 0.544 e. The number of carbonyl (C=O) groups is 1. The van der Waals surface area contributed by atoms with Gasteiger partial charge < -0.3 is 9.90 Å². The molecule has 0 aromatic rings. The molecule has 0 atom stereocenters. The molecular weight excluding hydrogens is 570 g/mol. The van der Waals surface area contributed by atoms with Crippen molar-refractivity contribution in [3.05, 3.63) is 0 Å². The van der Waals surface area contributed by atoms with E-state index in [4.69, 9.17) is 0 Å². The number of carboxylic acids is 1. The van der Waals surface area contributed by atoms with Gasteiger partial charge in [0.2, 0.25) is 0 Å². The van der Waals surface area contributed by atoms with E-state index in [-0.39, 0.29) is 18.9 Å². The Morgan fingerprint density at radius 2 is 0.543 bits per heavy atom. The fourth-order valence-electron chi connectivity index (χ4n) is 1.69. The van der Waals surface area contributed by atoms with Crippen molar-refractivity contribution in [1.82, 2.24) is 0 Å². The van der Waals surface area contributed by atoms with Crippen LogP contribution in [0, 0.1) is 0 Å². The number of aliphatic carboxylic acids is 1. The summed E-state index contributed by atoms with van der Waals surface area (Å²) in [6.07, 6.45) is -8.05. The normalized spacial score (nSPS) is 16.1. The van der Waals surface area contributed by atoms with E-state index in [1.165, 1.54) is 0 Å². The summed E-state index contributed by atoms with van der Waals surface area (Å²) < 4.78 is 269. The molecule has 0 saturated heterocycles. The van der Waals surface area contributed by atoms with E-state index in [1.807, 2.05) is 0 Å². The Bertz CT molecular complexity index is 796. The van der Waals surface area contributed by atoms with E-state index < -0.39 is 65.4 Å². The number of halogens is 21. The minimum absolute atomic E-state index is 0. The molecule has 0 N–H and O–H groups in total. The second-order valence-corrected chi connectivity index (χ2v) is 5.95. The average Bonchev–Trinajstić information content (AvgIpc) is 2.58. The molecule has 24 heteroatoms. The Hall–Kier alpha value is -1.40. The first-order valence-electron chi connectivity index (χ1n) is 6.88. The topological polar surface area (TPSA) is 40.1 Å². The number of rotatable bonds is 9. The second-order valence-electron chi connectivity index (χ2n) is 5.95. The zero-order valence-electron chi connectivity index (χ0n) is 15.3. The molecule has 35 heavy (non-hydrogen) atoms. The third kappa shape index (κ3) is 4.17. The Balaban J connectivity index is 0. The van der Waals surface area contributed by atoms with Crippen LogP contribution < -0.4 is 24.0 Å². The zero-order valence-corrected chi connectivity index (χ0v) is 15.3. The van der Waals surface area contributed by atoms with Crippen molar-refractivity contribution in [3.63, 3.8) is 0 Å². The predicted octanol–water partition coefficient (Wildman–Crippen LogP) is 2.02. The standard InChI is InChI=1S/C11HF21O2.Li/c12-2(13,1(33)34)3(14,15)4(16,17)5(18,19)6(20,21)7(22,23)8(24,25)9(26,27)10(28,29)11(30,31)32;/h(H,33,34);/q;+1/p-1. The van der Waals surface area contributed by atoms with Gasteiger partial charge in [-0.1, -0.05) is 0 Å². The van der Waals surface area contributed by atoms with Crippen LogP contribution in [0.2, 0.25) is 0 Å². The largest absolute Gasteiger partial charge is 1.00 e. The molecule has 0 aliphatic heterocycles. The summed E-state index contributed by atoms with van der Waals surface area (Å²) in [6, 6.07) is 0. The number of carboxylic acid groups (broad SMARTS) is 1. The second kappa shape index (κ2) is 8.58. The zero-order chi connectivity index (χ0) is 28.6. The fourth-order valence-corrected chi connectivity index (χ4v) is 1.69. The monoisotopic (exact) mass is 570 g/mol. The molecule has 0 saturated carbocycles. The average molecular weight is 570 g/mol. The van der Waals surface area contributed by atoms with Gasteiger partial charge in [-0.15, -0.1) is 0 Å². The summed E-state index contributed by atoms with van der Waals surface area (Å²) in [7, 11) is 0. The van der Waals surface area contributed by atoms with Crippen molar-refractivity contribution in [2.45, 2.75) is 59.5 Å². The molecule has 0 bridgehead atoms. The number of hydrogen-bond acceptors (Lipinski definition) is 2. The van der Waals surface area contributed by atoms with Crippen LogP contribution in [-0.4, -0.2) is 65.4 Å². The Labute approximate surface area is 187 Å². The molecule has 0 unspecified atom stereocenters. The van der Waals surface area contributed by atoms with Crippen LogP contribution in [0.5, 0.6) is 0 Å². The Morgan fingerprint density at radius 1 is 0.371 bits per heavy atom. The van der Waals surface area contributed by atoms with Gasteiger partial charge in [0, 0.05) is 0 Å². The van der Waals surface area contributed by atoms with Gasteiger partial charge in [0.15, 0.2) is 0 Å². The molecule has 0 aliphatic rings. The van der Waals surface area contributed by atoms with Gasteiger partial charge in [-0.3, -0.25) is 0 Å².